The van der Waals surface area contributed by atoms with Gasteiger partial charge in [-0.05, 0) is 34.1 Å². The van der Waals surface area contributed by atoms with Crippen LogP contribution in [0.25, 0.3) is 0 Å². The Labute approximate surface area is 81.5 Å². The predicted octanol–water partition coefficient (Wildman–Crippen LogP) is 1.16. The fourth-order valence-corrected chi connectivity index (χ4v) is 1.42. The maximum Gasteiger partial charge on any atom is 0.0637 e. The van der Waals surface area contributed by atoms with Crippen LogP contribution in [0.3, 0.4) is 0 Å². The number of hydrogen-bond acceptors (Lipinski definition) is 3. The van der Waals surface area contributed by atoms with Crippen molar-refractivity contribution in [3.05, 3.63) is 0 Å². The molecule has 0 bridgehead atoms. The standard InChI is InChI=1S/C10H23NO2/c1-8(11-9(2)7-12)6-10(3,4)13-5/h8-9,11-12H,6-7H2,1-5H3/t8?,9-/m0/s1. The second-order valence-electron chi connectivity index (χ2n) is 4.32. The maximum atomic E-state index is 8.85. The average molecular weight is 189 g/mol. The van der Waals surface area contributed by atoms with Gasteiger partial charge in [0.2, 0.25) is 0 Å². The molecular formula is C10H23NO2. The number of ether oxygens (including phenoxy) is 1. The van der Waals surface area contributed by atoms with Crippen molar-refractivity contribution in [1.82, 2.24) is 5.32 Å². The summed E-state index contributed by atoms with van der Waals surface area (Å²) >= 11 is 0. The zero-order chi connectivity index (χ0) is 10.5. The fourth-order valence-electron chi connectivity index (χ4n) is 1.42. The van der Waals surface area contributed by atoms with Crippen molar-refractivity contribution in [3.8, 4) is 0 Å². The molecule has 80 valence electrons. The summed E-state index contributed by atoms with van der Waals surface area (Å²) < 4.78 is 5.32. The van der Waals surface area contributed by atoms with E-state index in [0.29, 0.717) is 6.04 Å². The van der Waals surface area contributed by atoms with Crippen molar-refractivity contribution < 1.29 is 9.84 Å². The Hall–Kier alpha value is -0.120. The molecule has 0 fully saturated rings. The molecule has 0 aromatic rings. The third-order valence-electron chi connectivity index (χ3n) is 2.19. The fraction of sp³-hybridized carbons (Fsp3) is 1.00. The van der Waals surface area contributed by atoms with Gasteiger partial charge in [-0.25, -0.2) is 0 Å². The van der Waals surface area contributed by atoms with Gasteiger partial charge in [0.25, 0.3) is 0 Å². The summed E-state index contributed by atoms with van der Waals surface area (Å²) in [5, 5.41) is 12.1. The van der Waals surface area contributed by atoms with E-state index >= 15 is 0 Å². The number of rotatable bonds is 6. The third-order valence-corrected chi connectivity index (χ3v) is 2.19. The molecule has 0 spiro atoms. The minimum Gasteiger partial charge on any atom is -0.395 e. The van der Waals surface area contributed by atoms with Gasteiger partial charge in [-0.2, -0.15) is 0 Å². The Morgan fingerprint density at radius 2 is 1.85 bits per heavy atom. The Kier molecular flexibility index (Phi) is 5.53. The molecule has 3 nitrogen and oxygen atoms in total. The highest BCUT2D eigenvalue weighted by atomic mass is 16.5. The van der Waals surface area contributed by atoms with Crippen LogP contribution in [0, 0.1) is 0 Å². The Morgan fingerprint density at radius 1 is 1.31 bits per heavy atom. The molecule has 0 aliphatic carbocycles. The summed E-state index contributed by atoms with van der Waals surface area (Å²) in [5.41, 5.74) is -0.0956. The van der Waals surface area contributed by atoms with Crippen LogP contribution in [0.5, 0.6) is 0 Å². The molecule has 0 aromatic carbocycles. The van der Waals surface area contributed by atoms with Gasteiger partial charge in [-0.1, -0.05) is 0 Å². The molecule has 2 atom stereocenters. The van der Waals surface area contributed by atoms with E-state index in [0.717, 1.165) is 6.42 Å². The highest BCUT2D eigenvalue weighted by molar-refractivity contribution is 4.76. The molecule has 13 heavy (non-hydrogen) atoms. The van der Waals surface area contributed by atoms with Crippen molar-refractivity contribution in [2.75, 3.05) is 13.7 Å². The molecule has 0 rings (SSSR count). The summed E-state index contributed by atoms with van der Waals surface area (Å²) in [6, 6.07) is 0.514. The maximum absolute atomic E-state index is 8.85. The molecule has 0 saturated heterocycles. The van der Waals surface area contributed by atoms with E-state index in [1.54, 1.807) is 7.11 Å². The molecule has 3 heteroatoms. The molecule has 0 aromatic heterocycles. The number of nitrogens with one attached hydrogen (secondary N) is 1. The lowest BCUT2D eigenvalue weighted by Crippen LogP contribution is -2.41. The van der Waals surface area contributed by atoms with Crippen LogP contribution in [-0.2, 0) is 4.74 Å². The topological polar surface area (TPSA) is 41.5 Å². The van der Waals surface area contributed by atoms with Crippen LogP contribution < -0.4 is 5.32 Å². The first-order chi connectivity index (χ1) is 5.91. The lowest BCUT2D eigenvalue weighted by atomic mass is 9.99. The number of aliphatic hydroxyl groups is 1. The van der Waals surface area contributed by atoms with Crippen molar-refractivity contribution >= 4 is 0 Å². The molecule has 0 aliphatic heterocycles. The minimum atomic E-state index is -0.0956. The molecule has 0 saturated carbocycles. The lowest BCUT2D eigenvalue weighted by Gasteiger charge is -2.28. The van der Waals surface area contributed by atoms with E-state index < -0.39 is 0 Å². The van der Waals surface area contributed by atoms with Crippen LogP contribution in [-0.4, -0.2) is 36.5 Å². The Bertz CT molecular complexity index is 137. The first kappa shape index (κ1) is 12.9. The summed E-state index contributed by atoms with van der Waals surface area (Å²) in [6.07, 6.45) is 0.938. The van der Waals surface area contributed by atoms with Crippen molar-refractivity contribution in [2.24, 2.45) is 0 Å². The third kappa shape index (κ3) is 6.02. The van der Waals surface area contributed by atoms with E-state index in [2.05, 4.69) is 26.1 Å². The molecule has 0 amide bonds. The molecule has 2 N–H and O–H groups in total. The van der Waals surface area contributed by atoms with E-state index in [-0.39, 0.29) is 18.2 Å². The molecule has 0 heterocycles. The quantitative estimate of drug-likeness (QED) is 0.659. The summed E-state index contributed by atoms with van der Waals surface area (Å²) in [4.78, 5) is 0. The second kappa shape index (κ2) is 5.58. The number of aliphatic hydroxyl groups excluding tert-OH is 1. The average Bonchev–Trinajstić information content (AvgIpc) is 2.03. The summed E-state index contributed by atoms with van der Waals surface area (Å²) in [5.74, 6) is 0. The zero-order valence-electron chi connectivity index (χ0n) is 9.42. The first-order valence-corrected chi connectivity index (χ1v) is 4.83. The first-order valence-electron chi connectivity index (χ1n) is 4.83. The van der Waals surface area contributed by atoms with Gasteiger partial charge >= 0.3 is 0 Å². The molecule has 1 unspecified atom stereocenters. The van der Waals surface area contributed by atoms with Crippen molar-refractivity contribution in [2.45, 2.75) is 51.8 Å². The van der Waals surface area contributed by atoms with E-state index in [1.807, 2.05) is 6.92 Å². The van der Waals surface area contributed by atoms with Gasteiger partial charge in [0.1, 0.15) is 0 Å². The van der Waals surface area contributed by atoms with Gasteiger partial charge in [0, 0.05) is 19.2 Å². The molecular weight excluding hydrogens is 166 g/mol. The van der Waals surface area contributed by atoms with E-state index in [9.17, 15) is 0 Å². The smallest absolute Gasteiger partial charge is 0.0637 e. The highest BCUT2D eigenvalue weighted by Crippen LogP contribution is 2.15. The number of hydrogen-bond donors (Lipinski definition) is 2. The van der Waals surface area contributed by atoms with Crippen LogP contribution in [0.2, 0.25) is 0 Å². The van der Waals surface area contributed by atoms with Crippen LogP contribution in [0.4, 0.5) is 0 Å². The summed E-state index contributed by atoms with van der Waals surface area (Å²) in [7, 11) is 1.72. The highest BCUT2D eigenvalue weighted by Gasteiger charge is 2.20. The van der Waals surface area contributed by atoms with Gasteiger partial charge in [0.05, 0.1) is 12.2 Å². The largest absolute Gasteiger partial charge is 0.395 e. The van der Waals surface area contributed by atoms with Gasteiger partial charge in [0.15, 0.2) is 0 Å². The minimum absolute atomic E-state index is 0.0956. The molecule has 0 radical (unpaired) electrons. The second-order valence-corrected chi connectivity index (χ2v) is 4.32. The normalized spacial score (nSPS) is 17.1. The van der Waals surface area contributed by atoms with Gasteiger partial charge in [-0.15, -0.1) is 0 Å². The lowest BCUT2D eigenvalue weighted by molar-refractivity contribution is 0.00725. The monoisotopic (exact) mass is 189 g/mol. The van der Waals surface area contributed by atoms with E-state index in [1.165, 1.54) is 0 Å². The predicted molar refractivity (Wildman–Crippen MR) is 54.9 cm³/mol. The van der Waals surface area contributed by atoms with Crippen LogP contribution >= 0.6 is 0 Å². The summed E-state index contributed by atoms with van der Waals surface area (Å²) in [6.45, 7) is 8.38. The van der Waals surface area contributed by atoms with Gasteiger partial charge < -0.3 is 15.2 Å². The van der Waals surface area contributed by atoms with Crippen LogP contribution in [0.15, 0.2) is 0 Å². The Morgan fingerprint density at radius 3 is 2.23 bits per heavy atom. The van der Waals surface area contributed by atoms with Crippen molar-refractivity contribution in [1.29, 1.82) is 0 Å². The van der Waals surface area contributed by atoms with Crippen LogP contribution in [0.1, 0.15) is 34.1 Å². The number of methoxy groups -OCH3 is 1. The van der Waals surface area contributed by atoms with Crippen molar-refractivity contribution in [3.63, 3.8) is 0 Å². The van der Waals surface area contributed by atoms with Gasteiger partial charge in [-0.3, -0.25) is 0 Å². The molecule has 0 aliphatic rings. The zero-order valence-corrected chi connectivity index (χ0v) is 9.42. The van der Waals surface area contributed by atoms with E-state index in [4.69, 9.17) is 9.84 Å². The Balaban J connectivity index is 3.79. The SMILES string of the molecule is COC(C)(C)CC(C)N[C@@H](C)CO.